The molecule has 1 aromatic heterocycles. The molecule has 0 saturated carbocycles. The van der Waals surface area contributed by atoms with Crippen molar-refractivity contribution in [3.63, 3.8) is 0 Å². The van der Waals surface area contributed by atoms with Crippen molar-refractivity contribution < 1.29 is 19.1 Å². The van der Waals surface area contributed by atoms with E-state index in [9.17, 15) is 9.59 Å². The van der Waals surface area contributed by atoms with Crippen LogP contribution in [-0.4, -0.2) is 79.8 Å². The van der Waals surface area contributed by atoms with E-state index in [0.717, 1.165) is 24.5 Å². The number of amides is 3. The zero-order valence-corrected chi connectivity index (χ0v) is 22.1. The molecule has 10 heteroatoms. The molecule has 0 bridgehead atoms. The van der Waals surface area contributed by atoms with Gasteiger partial charge in [0, 0.05) is 50.9 Å². The van der Waals surface area contributed by atoms with Crippen LogP contribution in [0.2, 0.25) is 0 Å². The summed E-state index contributed by atoms with van der Waals surface area (Å²) in [6.07, 6.45) is 0. The van der Waals surface area contributed by atoms with Gasteiger partial charge in [-0.15, -0.1) is 11.3 Å². The van der Waals surface area contributed by atoms with Gasteiger partial charge in [-0.05, 0) is 31.2 Å². The summed E-state index contributed by atoms with van der Waals surface area (Å²) in [7, 11) is 1.60. The van der Waals surface area contributed by atoms with Crippen LogP contribution in [0.4, 0.5) is 16.2 Å². The fraction of sp³-hybridized carbons (Fsp3) is 0.370. The molecular formula is C27H33N5O4S. The van der Waals surface area contributed by atoms with Crippen LogP contribution in [-0.2, 0) is 11.3 Å². The van der Waals surface area contributed by atoms with Crippen LogP contribution in [0.1, 0.15) is 22.4 Å². The van der Waals surface area contributed by atoms with Crippen LogP contribution in [0.3, 0.4) is 0 Å². The van der Waals surface area contributed by atoms with Crippen LogP contribution in [0.5, 0.6) is 5.75 Å². The number of nitrogens with one attached hydrogen (secondary N) is 1. The molecule has 2 heterocycles. The molecule has 4 rings (SSSR count). The average Bonchev–Trinajstić information content (AvgIpc) is 3.40. The minimum atomic E-state index is -0.241. The summed E-state index contributed by atoms with van der Waals surface area (Å²) >= 11 is 1.38. The van der Waals surface area contributed by atoms with Crippen molar-refractivity contribution in [1.29, 1.82) is 0 Å². The molecule has 1 aliphatic rings. The number of urea groups is 1. The second-order valence-corrected chi connectivity index (χ2v) is 9.46. The lowest BCUT2D eigenvalue weighted by Crippen LogP contribution is -2.49. The largest absolute Gasteiger partial charge is 0.492 e. The highest BCUT2D eigenvalue weighted by Crippen LogP contribution is 2.29. The molecule has 9 nitrogen and oxygen atoms in total. The fourth-order valence-corrected chi connectivity index (χ4v) is 4.91. The van der Waals surface area contributed by atoms with Gasteiger partial charge < -0.3 is 29.5 Å². The SMILES string of the molecule is CCOc1ccccc1N1CCN(C(=O)c2csc(CN(CCOC)C(=O)Nc3ccccc3)n2)CC1. The molecule has 3 aromatic rings. The number of para-hydroxylation sites is 3. The highest BCUT2D eigenvalue weighted by Gasteiger charge is 2.26. The number of methoxy groups -OCH3 is 1. The molecule has 0 radical (unpaired) electrons. The number of nitrogens with zero attached hydrogens (tertiary/aromatic N) is 4. The summed E-state index contributed by atoms with van der Waals surface area (Å²) in [5, 5.41) is 5.38. The van der Waals surface area contributed by atoms with Crippen molar-refractivity contribution in [3.05, 3.63) is 70.7 Å². The van der Waals surface area contributed by atoms with Crippen molar-refractivity contribution in [3.8, 4) is 5.75 Å². The van der Waals surface area contributed by atoms with E-state index < -0.39 is 0 Å². The molecule has 1 fully saturated rings. The summed E-state index contributed by atoms with van der Waals surface area (Å²) < 4.78 is 11.0. The standard InChI is InChI=1S/C27H33N5O4S/c1-3-36-24-12-8-7-11-23(24)30-13-15-31(16-14-30)26(33)22-20-37-25(29-22)19-32(17-18-35-2)27(34)28-21-9-5-4-6-10-21/h4-12,20H,3,13-19H2,1-2H3,(H,28,34). The maximum atomic E-state index is 13.2. The Morgan fingerprint density at radius 2 is 1.78 bits per heavy atom. The smallest absolute Gasteiger partial charge is 0.322 e. The molecule has 0 aliphatic carbocycles. The first-order valence-electron chi connectivity index (χ1n) is 12.4. The van der Waals surface area contributed by atoms with Gasteiger partial charge in [-0.1, -0.05) is 30.3 Å². The highest BCUT2D eigenvalue weighted by molar-refractivity contribution is 7.09. The van der Waals surface area contributed by atoms with Crippen molar-refractivity contribution in [2.45, 2.75) is 13.5 Å². The Hall–Kier alpha value is -3.63. The van der Waals surface area contributed by atoms with E-state index in [1.165, 1.54) is 11.3 Å². The van der Waals surface area contributed by atoms with Crippen LogP contribution in [0.25, 0.3) is 0 Å². The van der Waals surface area contributed by atoms with Gasteiger partial charge in [0.1, 0.15) is 16.5 Å². The molecule has 2 aromatic carbocycles. The quantitative estimate of drug-likeness (QED) is 0.429. The van der Waals surface area contributed by atoms with Gasteiger partial charge in [-0.3, -0.25) is 4.79 Å². The maximum Gasteiger partial charge on any atom is 0.322 e. The third kappa shape index (κ3) is 6.99. The second-order valence-electron chi connectivity index (χ2n) is 8.52. The number of benzene rings is 2. The molecule has 1 aliphatic heterocycles. The van der Waals surface area contributed by atoms with E-state index in [1.54, 1.807) is 17.4 Å². The van der Waals surface area contributed by atoms with Crippen LogP contribution in [0, 0.1) is 0 Å². The molecule has 0 atom stereocenters. The predicted octanol–water partition coefficient (Wildman–Crippen LogP) is 4.18. The van der Waals surface area contributed by atoms with Gasteiger partial charge in [-0.25, -0.2) is 9.78 Å². The highest BCUT2D eigenvalue weighted by atomic mass is 32.1. The van der Waals surface area contributed by atoms with Crippen molar-refractivity contribution >= 4 is 34.6 Å². The van der Waals surface area contributed by atoms with E-state index in [0.29, 0.717) is 55.8 Å². The van der Waals surface area contributed by atoms with E-state index in [4.69, 9.17) is 9.47 Å². The summed E-state index contributed by atoms with van der Waals surface area (Å²) in [6.45, 7) is 6.33. The molecule has 3 amide bonds. The molecule has 1 saturated heterocycles. The Labute approximate surface area is 221 Å². The van der Waals surface area contributed by atoms with E-state index >= 15 is 0 Å². The molecule has 0 spiro atoms. The van der Waals surface area contributed by atoms with Gasteiger partial charge in [0.2, 0.25) is 0 Å². The molecular weight excluding hydrogens is 490 g/mol. The summed E-state index contributed by atoms with van der Waals surface area (Å²) in [4.78, 5) is 36.3. The van der Waals surface area contributed by atoms with E-state index in [-0.39, 0.29) is 11.9 Å². The van der Waals surface area contributed by atoms with Gasteiger partial charge >= 0.3 is 6.03 Å². The van der Waals surface area contributed by atoms with Crippen LogP contribution < -0.4 is 15.0 Å². The molecule has 37 heavy (non-hydrogen) atoms. The molecule has 196 valence electrons. The Bertz CT molecular complexity index is 1160. The number of piperazine rings is 1. The summed E-state index contributed by atoms with van der Waals surface area (Å²) in [5.41, 5.74) is 2.18. The lowest BCUT2D eigenvalue weighted by atomic mass is 10.2. The van der Waals surface area contributed by atoms with E-state index in [2.05, 4.69) is 21.3 Å². The third-order valence-corrected chi connectivity index (χ3v) is 6.88. The zero-order chi connectivity index (χ0) is 26.0. The predicted molar refractivity (Wildman–Crippen MR) is 146 cm³/mol. The first-order valence-corrected chi connectivity index (χ1v) is 13.3. The number of rotatable bonds is 10. The van der Waals surface area contributed by atoms with Gasteiger partial charge in [0.25, 0.3) is 5.91 Å². The number of hydrogen-bond acceptors (Lipinski definition) is 7. The van der Waals surface area contributed by atoms with Gasteiger partial charge in [0.05, 0.1) is 25.4 Å². The first kappa shape index (κ1) is 26.4. The number of thiazole rings is 1. The lowest BCUT2D eigenvalue weighted by Gasteiger charge is -2.36. The van der Waals surface area contributed by atoms with Crippen molar-refractivity contribution in [2.75, 3.05) is 63.3 Å². The number of carbonyl (C=O) groups is 2. The van der Waals surface area contributed by atoms with Gasteiger partial charge in [0.15, 0.2) is 0 Å². The van der Waals surface area contributed by atoms with Crippen LogP contribution >= 0.6 is 11.3 Å². The first-order chi connectivity index (χ1) is 18.1. The minimum Gasteiger partial charge on any atom is -0.492 e. The Kier molecular flexibility index (Phi) is 9.34. The van der Waals surface area contributed by atoms with Crippen molar-refractivity contribution in [1.82, 2.24) is 14.8 Å². The Morgan fingerprint density at radius 1 is 1.05 bits per heavy atom. The number of carbonyl (C=O) groups excluding carboxylic acids is 2. The topological polar surface area (TPSA) is 87.2 Å². The normalized spacial score (nSPS) is 13.4. The maximum absolute atomic E-state index is 13.2. The fourth-order valence-electron chi connectivity index (χ4n) is 4.13. The van der Waals surface area contributed by atoms with Gasteiger partial charge in [-0.2, -0.15) is 0 Å². The number of ether oxygens (including phenoxy) is 2. The summed E-state index contributed by atoms with van der Waals surface area (Å²) in [5.74, 6) is 0.778. The molecule has 0 unspecified atom stereocenters. The lowest BCUT2D eigenvalue weighted by molar-refractivity contribution is 0.0741. The number of hydrogen-bond donors (Lipinski definition) is 1. The molecule has 1 N–H and O–H groups in total. The monoisotopic (exact) mass is 523 g/mol. The Morgan fingerprint density at radius 3 is 2.51 bits per heavy atom. The van der Waals surface area contributed by atoms with Crippen LogP contribution in [0.15, 0.2) is 60.0 Å². The zero-order valence-electron chi connectivity index (χ0n) is 21.3. The number of aromatic nitrogens is 1. The number of anilines is 2. The average molecular weight is 524 g/mol. The Balaban J connectivity index is 1.35. The summed E-state index contributed by atoms with van der Waals surface area (Å²) in [6, 6.07) is 17.1. The van der Waals surface area contributed by atoms with E-state index in [1.807, 2.05) is 60.4 Å². The van der Waals surface area contributed by atoms with Crippen molar-refractivity contribution in [2.24, 2.45) is 0 Å². The third-order valence-electron chi connectivity index (χ3n) is 6.05. The second kappa shape index (κ2) is 13.1. The minimum absolute atomic E-state index is 0.0857.